The van der Waals surface area contributed by atoms with Gasteiger partial charge in [-0.1, -0.05) is 23.8 Å². The van der Waals surface area contributed by atoms with Gasteiger partial charge in [-0.3, -0.25) is 0 Å². The number of fused-ring (bicyclic) bond motifs is 1. The number of halogens is 1. The van der Waals surface area contributed by atoms with Gasteiger partial charge in [-0.2, -0.15) is 0 Å². The van der Waals surface area contributed by atoms with Crippen LogP contribution in [0, 0.1) is 4.51 Å². The summed E-state index contributed by atoms with van der Waals surface area (Å²) in [6, 6.07) is 3.21. The summed E-state index contributed by atoms with van der Waals surface area (Å²) in [7, 11) is 1.48. The minimum absolute atomic E-state index is 0.0948. The van der Waals surface area contributed by atoms with Gasteiger partial charge in [0, 0.05) is 0 Å². The van der Waals surface area contributed by atoms with Crippen molar-refractivity contribution >= 4 is 40.8 Å². The molecule has 2 rings (SSSR count). The van der Waals surface area contributed by atoms with Gasteiger partial charge in [0.2, 0.25) is 0 Å². The number of hydrogen-bond acceptors (Lipinski definition) is 4. The summed E-state index contributed by atoms with van der Waals surface area (Å²) in [5.74, 6) is -0.702. The van der Waals surface area contributed by atoms with Crippen LogP contribution in [0.1, 0.15) is 10.4 Å². The largest absolute Gasteiger partial charge is 0.493 e. The first kappa shape index (κ1) is 11.9. The number of ether oxygens (including phenoxy) is 1. The second-order valence-corrected chi connectivity index (χ2v) is 4.05. The molecule has 17 heavy (non-hydrogen) atoms. The minimum atomic E-state index is -1.15. The SMILES string of the molecule is COc1ccc(Cl)c2c(=S)c(C(=O)O)coc12. The fourth-order valence-electron chi connectivity index (χ4n) is 1.48. The molecule has 0 atom stereocenters. The first-order chi connectivity index (χ1) is 8.06. The van der Waals surface area contributed by atoms with Crippen molar-refractivity contribution in [1.29, 1.82) is 0 Å². The number of carboxylic acids is 1. The van der Waals surface area contributed by atoms with Gasteiger partial charge in [0.05, 0.1) is 22.0 Å². The van der Waals surface area contributed by atoms with E-state index in [0.29, 0.717) is 21.7 Å². The average Bonchev–Trinajstić information content (AvgIpc) is 2.29. The Labute approximate surface area is 106 Å². The fourth-order valence-corrected chi connectivity index (χ4v) is 2.12. The molecule has 6 heteroatoms. The number of methoxy groups -OCH3 is 1. The topological polar surface area (TPSA) is 59.7 Å². The Balaban J connectivity index is 2.95. The van der Waals surface area contributed by atoms with Crippen LogP contribution in [0.2, 0.25) is 5.02 Å². The van der Waals surface area contributed by atoms with Gasteiger partial charge in [-0.15, -0.1) is 0 Å². The summed E-state index contributed by atoms with van der Waals surface area (Å²) in [6.07, 6.45) is 1.09. The molecule has 0 aliphatic rings. The van der Waals surface area contributed by atoms with E-state index in [0.717, 1.165) is 6.26 Å². The monoisotopic (exact) mass is 270 g/mol. The number of benzene rings is 1. The third-order valence-corrected chi connectivity index (χ3v) is 3.03. The number of aromatic carboxylic acids is 1. The molecule has 88 valence electrons. The highest BCUT2D eigenvalue weighted by Crippen LogP contribution is 2.33. The Kier molecular flexibility index (Phi) is 3.04. The van der Waals surface area contributed by atoms with Gasteiger partial charge in [0.15, 0.2) is 11.3 Å². The smallest absolute Gasteiger partial charge is 0.340 e. The summed E-state index contributed by atoms with van der Waals surface area (Å²) >= 11 is 11.1. The lowest BCUT2D eigenvalue weighted by molar-refractivity contribution is 0.0694. The first-order valence-electron chi connectivity index (χ1n) is 4.57. The van der Waals surface area contributed by atoms with Crippen LogP contribution in [0.4, 0.5) is 0 Å². The summed E-state index contributed by atoms with van der Waals surface area (Å²) in [5, 5.41) is 9.65. The van der Waals surface area contributed by atoms with Gasteiger partial charge in [-0.05, 0) is 12.1 Å². The van der Waals surface area contributed by atoms with Crippen molar-refractivity contribution in [2.24, 2.45) is 0 Å². The Morgan fingerprint density at radius 1 is 1.53 bits per heavy atom. The second kappa shape index (κ2) is 4.35. The Hall–Kier alpha value is -1.59. The fraction of sp³-hybridized carbons (Fsp3) is 0.0909. The molecule has 0 spiro atoms. The van der Waals surface area contributed by atoms with Crippen LogP contribution in [-0.4, -0.2) is 18.2 Å². The van der Waals surface area contributed by atoms with E-state index in [-0.39, 0.29) is 10.1 Å². The van der Waals surface area contributed by atoms with Crippen molar-refractivity contribution in [3.05, 3.63) is 33.5 Å². The Morgan fingerprint density at radius 2 is 2.24 bits per heavy atom. The summed E-state index contributed by atoms with van der Waals surface area (Å²) in [5.41, 5.74) is 0.248. The van der Waals surface area contributed by atoms with Gasteiger partial charge in [0.25, 0.3) is 0 Å². The highest BCUT2D eigenvalue weighted by molar-refractivity contribution is 7.71. The van der Waals surface area contributed by atoms with E-state index in [2.05, 4.69) is 0 Å². The average molecular weight is 271 g/mol. The van der Waals surface area contributed by atoms with Crippen LogP contribution < -0.4 is 4.74 Å². The zero-order valence-corrected chi connectivity index (χ0v) is 10.3. The molecule has 0 bridgehead atoms. The van der Waals surface area contributed by atoms with Crippen molar-refractivity contribution in [2.75, 3.05) is 7.11 Å². The maximum atomic E-state index is 10.9. The standard InChI is InChI=1S/C11H7ClO4S/c1-15-7-3-2-6(12)8-9(7)16-4-5(10(8)17)11(13)14/h2-4H,1H3,(H,13,14). The number of hydrogen-bond donors (Lipinski definition) is 1. The summed E-state index contributed by atoms with van der Waals surface area (Å²) in [4.78, 5) is 10.9. The highest BCUT2D eigenvalue weighted by Gasteiger charge is 2.15. The predicted octanol–water partition coefficient (Wildman–Crippen LogP) is 3.52. The van der Waals surface area contributed by atoms with Crippen LogP contribution in [0.15, 0.2) is 22.8 Å². The molecular formula is C11H7ClO4S. The first-order valence-corrected chi connectivity index (χ1v) is 5.36. The molecule has 0 amide bonds. The maximum absolute atomic E-state index is 10.9. The molecule has 1 aromatic heterocycles. The van der Waals surface area contributed by atoms with E-state index in [1.807, 2.05) is 0 Å². The molecular weight excluding hydrogens is 264 g/mol. The van der Waals surface area contributed by atoms with Crippen LogP contribution >= 0.6 is 23.8 Å². The highest BCUT2D eigenvalue weighted by atomic mass is 35.5. The quantitative estimate of drug-likeness (QED) is 0.846. The second-order valence-electron chi connectivity index (χ2n) is 3.24. The van der Waals surface area contributed by atoms with Gasteiger partial charge >= 0.3 is 5.97 Å². The zero-order valence-electron chi connectivity index (χ0n) is 8.69. The summed E-state index contributed by atoms with van der Waals surface area (Å²) < 4.78 is 10.5. The van der Waals surface area contributed by atoms with E-state index >= 15 is 0 Å². The molecule has 0 radical (unpaired) electrons. The lowest BCUT2D eigenvalue weighted by Gasteiger charge is -2.06. The van der Waals surface area contributed by atoms with Crippen molar-refractivity contribution in [3.63, 3.8) is 0 Å². The molecule has 0 unspecified atom stereocenters. The Morgan fingerprint density at radius 3 is 2.82 bits per heavy atom. The molecule has 0 saturated carbocycles. The third kappa shape index (κ3) is 1.87. The van der Waals surface area contributed by atoms with Crippen LogP contribution in [0.3, 0.4) is 0 Å². The summed E-state index contributed by atoms with van der Waals surface area (Å²) in [6.45, 7) is 0. The van der Waals surface area contributed by atoms with Gasteiger partial charge in [-0.25, -0.2) is 4.79 Å². The predicted molar refractivity (Wildman–Crippen MR) is 65.6 cm³/mol. The van der Waals surface area contributed by atoms with E-state index in [9.17, 15) is 4.79 Å². The lowest BCUT2D eigenvalue weighted by Crippen LogP contribution is -1.98. The lowest BCUT2D eigenvalue weighted by atomic mass is 10.2. The molecule has 0 aliphatic heterocycles. The zero-order chi connectivity index (χ0) is 12.6. The van der Waals surface area contributed by atoms with Gasteiger partial charge < -0.3 is 14.3 Å². The molecule has 2 aromatic rings. The molecule has 0 aliphatic carbocycles. The van der Waals surface area contributed by atoms with Crippen molar-refractivity contribution < 1.29 is 19.1 Å². The van der Waals surface area contributed by atoms with Gasteiger partial charge in [0.1, 0.15) is 11.8 Å². The van der Waals surface area contributed by atoms with Crippen LogP contribution in [0.25, 0.3) is 11.0 Å². The minimum Gasteiger partial charge on any atom is -0.493 e. The van der Waals surface area contributed by atoms with E-state index in [1.165, 1.54) is 7.11 Å². The number of carbonyl (C=O) groups is 1. The molecule has 0 fully saturated rings. The molecule has 0 saturated heterocycles. The van der Waals surface area contributed by atoms with Crippen LogP contribution in [0.5, 0.6) is 5.75 Å². The van der Waals surface area contributed by atoms with E-state index < -0.39 is 5.97 Å². The number of carboxylic acid groups (broad SMARTS) is 1. The molecule has 4 nitrogen and oxygen atoms in total. The van der Waals surface area contributed by atoms with Crippen molar-refractivity contribution in [2.45, 2.75) is 0 Å². The Bertz CT molecular complexity index is 662. The maximum Gasteiger partial charge on any atom is 0.340 e. The van der Waals surface area contributed by atoms with Crippen molar-refractivity contribution in [3.8, 4) is 5.75 Å². The molecule has 1 N–H and O–H groups in total. The molecule has 1 aromatic carbocycles. The number of rotatable bonds is 2. The van der Waals surface area contributed by atoms with E-state index in [1.54, 1.807) is 12.1 Å². The normalized spacial score (nSPS) is 10.5. The van der Waals surface area contributed by atoms with E-state index in [4.69, 9.17) is 38.1 Å². The van der Waals surface area contributed by atoms with Crippen LogP contribution in [-0.2, 0) is 0 Å². The van der Waals surface area contributed by atoms with Crippen molar-refractivity contribution in [1.82, 2.24) is 0 Å². The third-order valence-electron chi connectivity index (χ3n) is 2.29. The molecule has 1 heterocycles.